The minimum absolute atomic E-state index is 0.0616. The highest BCUT2D eigenvalue weighted by molar-refractivity contribution is 6.25. The van der Waals surface area contributed by atoms with Crippen LogP contribution in [0.4, 0.5) is 23.4 Å². The fourth-order valence-corrected chi connectivity index (χ4v) is 3.57. The van der Waals surface area contributed by atoms with Crippen molar-refractivity contribution in [1.29, 1.82) is 0 Å². The molecule has 10 heteroatoms. The zero-order valence-electron chi connectivity index (χ0n) is 16.3. The van der Waals surface area contributed by atoms with Gasteiger partial charge in [-0.1, -0.05) is 0 Å². The van der Waals surface area contributed by atoms with Crippen LogP contribution in [0, 0.1) is 11.7 Å². The SMILES string of the molecule is CCN(CC)c1nc2nc(C(F)(F)F)c(C(=O)C3C(=O)CCCC3=O)cc2cc1F. The van der Waals surface area contributed by atoms with E-state index in [0.29, 0.717) is 13.1 Å². The molecule has 0 spiro atoms. The van der Waals surface area contributed by atoms with Gasteiger partial charge in [0.2, 0.25) is 0 Å². The Balaban J connectivity index is 2.21. The van der Waals surface area contributed by atoms with Gasteiger partial charge >= 0.3 is 6.18 Å². The minimum Gasteiger partial charge on any atom is -0.355 e. The summed E-state index contributed by atoms with van der Waals surface area (Å²) in [5, 5.41) is -0.129. The summed E-state index contributed by atoms with van der Waals surface area (Å²) >= 11 is 0. The third kappa shape index (κ3) is 3.90. The van der Waals surface area contributed by atoms with Crippen LogP contribution in [-0.4, -0.2) is 40.4 Å². The Kier molecular flexibility index (Phi) is 5.87. The van der Waals surface area contributed by atoms with Gasteiger partial charge in [-0.2, -0.15) is 13.2 Å². The fraction of sp³-hybridized carbons (Fsp3) is 0.450. The highest BCUT2D eigenvalue weighted by Crippen LogP contribution is 2.35. The van der Waals surface area contributed by atoms with Gasteiger partial charge in [0.15, 0.2) is 40.3 Å². The van der Waals surface area contributed by atoms with E-state index in [1.54, 1.807) is 13.8 Å². The molecule has 0 aromatic carbocycles. The van der Waals surface area contributed by atoms with Crippen molar-refractivity contribution in [3.05, 3.63) is 29.2 Å². The lowest BCUT2D eigenvalue weighted by molar-refractivity contribution is -0.142. The summed E-state index contributed by atoms with van der Waals surface area (Å²) in [4.78, 5) is 45.8. The molecule has 0 atom stereocenters. The van der Waals surface area contributed by atoms with E-state index in [4.69, 9.17) is 0 Å². The molecule has 0 bridgehead atoms. The summed E-state index contributed by atoms with van der Waals surface area (Å²) in [5.74, 6) is -5.41. The Morgan fingerprint density at radius 3 is 2.23 bits per heavy atom. The van der Waals surface area contributed by atoms with Gasteiger partial charge in [0, 0.05) is 31.3 Å². The number of hydrogen-bond acceptors (Lipinski definition) is 6. The molecular formula is C20H19F4N3O3. The first kappa shape index (κ1) is 21.8. The van der Waals surface area contributed by atoms with Crippen molar-refractivity contribution in [2.45, 2.75) is 39.3 Å². The van der Waals surface area contributed by atoms with E-state index in [1.165, 1.54) is 4.90 Å². The molecule has 30 heavy (non-hydrogen) atoms. The average molecular weight is 425 g/mol. The van der Waals surface area contributed by atoms with E-state index in [1.807, 2.05) is 0 Å². The van der Waals surface area contributed by atoms with Gasteiger partial charge in [-0.05, 0) is 32.4 Å². The summed E-state index contributed by atoms with van der Waals surface area (Å²) in [5.41, 5.74) is -2.86. The van der Waals surface area contributed by atoms with Gasteiger partial charge in [0.05, 0.1) is 5.56 Å². The highest BCUT2D eigenvalue weighted by atomic mass is 19.4. The second-order valence-electron chi connectivity index (χ2n) is 6.98. The minimum atomic E-state index is -5.04. The second kappa shape index (κ2) is 8.08. The molecule has 1 saturated carbocycles. The quantitative estimate of drug-likeness (QED) is 0.412. The monoisotopic (exact) mass is 425 g/mol. The first-order valence-electron chi connectivity index (χ1n) is 9.51. The number of rotatable bonds is 5. The largest absolute Gasteiger partial charge is 0.434 e. The molecule has 160 valence electrons. The molecule has 2 aromatic heterocycles. The van der Waals surface area contributed by atoms with E-state index in [9.17, 15) is 31.9 Å². The number of carbonyl (C=O) groups is 3. The summed E-state index contributed by atoms with van der Waals surface area (Å²) < 4.78 is 55.6. The fourth-order valence-electron chi connectivity index (χ4n) is 3.57. The summed E-state index contributed by atoms with van der Waals surface area (Å²) in [6.45, 7) is 4.23. The number of anilines is 1. The standard InChI is InChI=1S/C20H19F4N3O3/c1-3-27(4-2)19-12(21)9-10-8-11(17(20(22,23)24)25-18(10)26-19)16(30)15-13(28)6-5-7-14(15)29/h8-9,15H,3-7H2,1-2H3. The molecule has 0 N–H and O–H groups in total. The summed E-state index contributed by atoms with van der Waals surface area (Å²) in [6, 6.07) is 1.76. The van der Waals surface area contributed by atoms with Crippen LogP contribution in [-0.2, 0) is 15.8 Å². The third-order valence-electron chi connectivity index (χ3n) is 5.09. The van der Waals surface area contributed by atoms with Crippen LogP contribution in [0.3, 0.4) is 0 Å². The number of hydrogen-bond donors (Lipinski definition) is 0. The zero-order chi connectivity index (χ0) is 22.2. The molecular weight excluding hydrogens is 406 g/mol. The van der Waals surface area contributed by atoms with E-state index < -0.39 is 46.5 Å². The molecule has 2 aromatic rings. The maximum atomic E-state index is 14.5. The smallest absolute Gasteiger partial charge is 0.355 e. The van der Waals surface area contributed by atoms with Crippen molar-refractivity contribution in [2.75, 3.05) is 18.0 Å². The van der Waals surface area contributed by atoms with Crippen LogP contribution in [0.1, 0.15) is 49.2 Å². The number of aromatic nitrogens is 2. The van der Waals surface area contributed by atoms with E-state index in [-0.39, 0.29) is 36.1 Å². The predicted octanol–water partition coefficient (Wildman–Crippen LogP) is 3.75. The van der Waals surface area contributed by atoms with E-state index in [2.05, 4.69) is 9.97 Å². The van der Waals surface area contributed by atoms with Gasteiger partial charge in [-0.15, -0.1) is 0 Å². The van der Waals surface area contributed by atoms with Crippen molar-refractivity contribution in [3.63, 3.8) is 0 Å². The maximum absolute atomic E-state index is 14.5. The number of Topliss-reactive ketones (excluding diaryl/α,β-unsaturated/α-hetero) is 3. The van der Waals surface area contributed by atoms with Gasteiger partial charge in [-0.25, -0.2) is 14.4 Å². The van der Waals surface area contributed by atoms with Crippen LogP contribution in [0.2, 0.25) is 0 Å². The second-order valence-corrected chi connectivity index (χ2v) is 6.98. The molecule has 0 unspecified atom stereocenters. The number of alkyl halides is 3. The van der Waals surface area contributed by atoms with Crippen molar-refractivity contribution in [3.8, 4) is 0 Å². The summed E-state index contributed by atoms with van der Waals surface area (Å²) in [7, 11) is 0. The number of carbonyl (C=O) groups excluding carboxylic acids is 3. The van der Waals surface area contributed by atoms with Gasteiger partial charge in [-0.3, -0.25) is 14.4 Å². The van der Waals surface area contributed by atoms with Crippen molar-refractivity contribution in [1.82, 2.24) is 9.97 Å². The Labute approximate surface area is 169 Å². The van der Waals surface area contributed by atoms with Gasteiger partial charge in [0.25, 0.3) is 0 Å². The molecule has 0 amide bonds. The van der Waals surface area contributed by atoms with Crippen LogP contribution < -0.4 is 4.90 Å². The number of ketones is 3. The molecule has 2 heterocycles. The van der Waals surface area contributed by atoms with Crippen molar-refractivity contribution in [2.24, 2.45) is 5.92 Å². The lowest BCUT2D eigenvalue weighted by Gasteiger charge is -2.22. The van der Waals surface area contributed by atoms with Crippen LogP contribution in [0.25, 0.3) is 11.0 Å². The number of fused-ring (bicyclic) bond motifs is 1. The topological polar surface area (TPSA) is 80.2 Å². The lowest BCUT2D eigenvalue weighted by Crippen LogP contribution is -2.36. The van der Waals surface area contributed by atoms with Crippen molar-refractivity contribution < 1.29 is 31.9 Å². The lowest BCUT2D eigenvalue weighted by atomic mass is 9.81. The molecule has 0 aliphatic heterocycles. The van der Waals surface area contributed by atoms with Gasteiger partial charge in [0.1, 0.15) is 5.92 Å². The van der Waals surface area contributed by atoms with E-state index in [0.717, 1.165) is 12.1 Å². The molecule has 1 aliphatic carbocycles. The first-order chi connectivity index (χ1) is 14.1. The normalized spacial score (nSPS) is 15.7. The number of nitrogens with zero attached hydrogens (tertiary/aromatic N) is 3. The van der Waals surface area contributed by atoms with Gasteiger partial charge < -0.3 is 4.90 Å². The van der Waals surface area contributed by atoms with E-state index >= 15 is 0 Å². The molecule has 1 aliphatic rings. The molecule has 6 nitrogen and oxygen atoms in total. The summed E-state index contributed by atoms with van der Waals surface area (Å²) in [6.07, 6.45) is -4.90. The average Bonchev–Trinajstić information content (AvgIpc) is 2.67. The molecule has 0 radical (unpaired) electrons. The Bertz CT molecular complexity index is 1020. The predicted molar refractivity (Wildman–Crippen MR) is 99.7 cm³/mol. The molecule has 1 fully saturated rings. The maximum Gasteiger partial charge on any atom is 0.434 e. The Morgan fingerprint density at radius 1 is 1.10 bits per heavy atom. The zero-order valence-corrected chi connectivity index (χ0v) is 16.3. The van der Waals surface area contributed by atoms with Crippen LogP contribution in [0.15, 0.2) is 12.1 Å². The van der Waals surface area contributed by atoms with Crippen molar-refractivity contribution >= 4 is 34.2 Å². The number of pyridine rings is 2. The molecule has 3 rings (SSSR count). The Hall–Kier alpha value is -2.91. The van der Waals surface area contributed by atoms with Crippen LogP contribution >= 0.6 is 0 Å². The molecule has 0 saturated heterocycles. The van der Waals surface area contributed by atoms with Crippen LogP contribution in [0.5, 0.6) is 0 Å². The number of halogens is 4. The Morgan fingerprint density at radius 2 is 1.70 bits per heavy atom. The third-order valence-corrected chi connectivity index (χ3v) is 5.09. The first-order valence-corrected chi connectivity index (χ1v) is 9.51. The highest BCUT2D eigenvalue weighted by Gasteiger charge is 2.43.